The molecule has 0 bridgehead atoms. The van der Waals surface area contributed by atoms with Crippen molar-refractivity contribution in [2.24, 2.45) is 5.10 Å². The molecule has 32 heavy (non-hydrogen) atoms. The first-order valence-electron chi connectivity index (χ1n) is 10.8. The summed E-state index contributed by atoms with van der Waals surface area (Å²) in [6, 6.07) is 24.5. The number of nitrogens with zero attached hydrogens (tertiary/aromatic N) is 3. The molecule has 5 rings (SSSR count). The Morgan fingerprint density at radius 1 is 1.03 bits per heavy atom. The van der Waals surface area contributed by atoms with Gasteiger partial charge in [-0.15, -0.1) is 0 Å². The minimum absolute atomic E-state index is 0.0494. The van der Waals surface area contributed by atoms with Crippen molar-refractivity contribution in [1.29, 1.82) is 0 Å². The number of carbonyl (C=O) groups excluding carboxylic acids is 1. The van der Waals surface area contributed by atoms with Gasteiger partial charge in [-0.05, 0) is 36.2 Å². The molecule has 0 fully saturated rings. The number of aromatic nitrogens is 1. The van der Waals surface area contributed by atoms with E-state index in [2.05, 4.69) is 60.2 Å². The summed E-state index contributed by atoms with van der Waals surface area (Å²) in [5.41, 5.74) is 6.65. The third kappa shape index (κ3) is 3.82. The molecule has 5 heteroatoms. The smallest absolute Gasteiger partial charge is 0.240 e. The largest absolute Gasteiger partial charge is 0.343 e. The number of hydrogen-bond donors (Lipinski definition) is 0. The van der Waals surface area contributed by atoms with Gasteiger partial charge in [-0.3, -0.25) is 4.79 Å². The van der Waals surface area contributed by atoms with Gasteiger partial charge < -0.3 is 4.57 Å². The summed E-state index contributed by atoms with van der Waals surface area (Å²) in [5, 5.41) is 8.26. The Balaban J connectivity index is 1.54. The Morgan fingerprint density at radius 2 is 1.75 bits per heavy atom. The minimum atomic E-state index is -0.125. The minimum Gasteiger partial charge on any atom is -0.343 e. The normalized spacial score (nSPS) is 15.9. The van der Waals surface area contributed by atoms with Gasteiger partial charge in [0.25, 0.3) is 0 Å². The van der Waals surface area contributed by atoms with Crippen LogP contribution in [0.25, 0.3) is 10.9 Å². The van der Waals surface area contributed by atoms with Crippen molar-refractivity contribution >= 4 is 34.1 Å². The van der Waals surface area contributed by atoms with E-state index in [1.54, 1.807) is 11.9 Å². The summed E-state index contributed by atoms with van der Waals surface area (Å²) in [6.07, 6.45) is 2.87. The second-order valence-corrected chi connectivity index (χ2v) is 8.79. The summed E-state index contributed by atoms with van der Waals surface area (Å²) >= 11 is 6.06. The number of hydrogen-bond acceptors (Lipinski definition) is 2. The number of aryl methyl sites for hydroxylation is 1. The molecule has 1 aliphatic heterocycles. The molecule has 0 aliphatic carbocycles. The summed E-state index contributed by atoms with van der Waals surface area (Å²) < 4.78 is 2.25. The Labute approximate surface area is 192 Å². The lowest BCUT2D eigenvalue weighted by atomic mass is 9.97. The van der Waals surface area contributed by atoms with Gasteiger partial charge in [-0.1, -0.05) is 71.8 Å². The number of halogens is 1. The van der Waals surface area contributed by atoms with Gasteiger partial charge in [0, 0.05) is 47.6 Å². The Hall–Kier alpha value is -3.37. The van der Waals surface area contributed by atoms with Crippen molar-refractivity contribution < 1.29 is 4.79 Å². The fraction of sp³-hybridized carbons (Fsp3) is 0.185. The Bertz CT molecular complexity index is 1320. The average molecular weight is 442 g/mol. The van der Waals surface area contributed by atoms with Crippen LogP contribution in [0.4, 0.5) is 0 Å². The standard InChI is InChI=1S/C27H24ClN3O/c1-18-7-11-21(12-8-18)25-15-27(31(29-25)19(2)32)24-17-30(26-6-4-3-5-23(24)26)16-20-9-13-22(28)14-10-20/h3-14,17,27H,15-16H2,1-2H3. The number of fused-ring (bicyclic) bond motifs is 1. The van der Waals surface area contributed by atoms with Gasteiger partial charge in [-0.25, -0.2) is 5.01 Å². The molecule has 0 spiro atoms. The number of amides is 1. The second kappa shape index (κ2) is 8.29. The fourth-order valence-corrected chi connectivity index (χ4v) is 4.55. The monoisotopic (exact) mass is 441 g/mol. The van der Waals surface area contributed by atoms with Crippen molar-refractivity contribution in [2.45, 2.75) is 32.9 Å². The van der Waals surface area contributed by atoms with Crippen LogP contribution in [0.2, 0.25) is 5.02 Å². The lowest BCUT2D eigenvalue weighted by molar-refractivity contribution is -0.130. The lowest BCUT2D eigenvalue weighted by Gasteiger charge is -2.19. The topological polar surface area (TPSA) is 37.6 Å². The van der Waals surface area contributed by atoms with Gasteiger partial charge in [0.05, 0.1) is 11.8 Å². The second-order valence-electron chi connectivity index (χ2n) is 8.35. The summed E-state index contributed by atoms with van der Waals surface area (Å²) in [7, 11) is 0. The Morgan fingerprint density at radius 3 is 2.47 bits per heavy atom. The zero-order valence-corrected chi connectivity index (χ0v) is 18.9. The molecule has 1 atom stereocenters. The van der Waals surface area contributed by atoms with Gasteiger partial charge in [0.15, 0.2) is 0 Å². The highest BCUT2D eigenvalue weighted by atomic mass is 35.5. The fourth-order valence-electron chi connectivity index (χ4n) is 4.42. The zero-order chi connectivity index (χ0) is 22.2. The van der Waals surface area contributed by atoms with E-state index in [9.17, 15) is 4.79 Å². The van der Waals surface area contributed by atoms with Crippen LogP contribution in [0.5, 0.6) is 0 Å². The maximum Gasteiger partial charge on any atom is 0.240 e. The van der Waals surface area contributed by atoms with Crippen molar-refractivity contribution in [3.05, 3.63) is 106 Å². The number of benzene rings is 3. The molecule has 1 unspecified atom stereocenters. The maximum absolute atomic E-state index is 12.5. The highest BCUT2D eigenvalue weighted by Crippen LogP contribution is 2.37. The molecular weight excluding hydrogens is 418 g/mol. The third-order valence-electron chi connectivity index (χ3n) is 6.06. The number of rotatable bonds is 4. The highest BCUT2D eigenvalue weighted by molar-refractivity contribution is 6.30. The van der Waals surface area contributed by atoms with E-state index in [-0.39, 0.29) is 11.9 Å². The maximum atomic E-state index is 12.5. The van der Waals surface area contributed by atoms with Crippen LogP contribution in [-0.4, -0.2) is 21.2 Å². The van der Waals surface area contributed by atoms with Gasteiger partial charge in [0.2, 0.25) is 5.91 Å². The van der Waals surface area contributed by atoms with Crippen LogP contribution in [0.15, 0.2) is 84.1 Å². The number of para-hydroxylation sites is 1. The molecule has 2 heterocycles. The Kier molecular flexibility index (Phi) is 5.32. The SMILES string of the molecule is CC(=O)N1N=C(c2ccc(C)cc2)CC1c1cn(Cc2ccc(Cl)cc2)c2ccccc12. The van der Waals surface area contributed by atoms with Crippen molar-refractivity contribution in [3.63, 3.8) is 0 Å². The van der Waals surface area contributed by atoms with E-state index in [1.807, 2.05) is 30.3 Å². The van der Waals surface area contributed by atoms with Crippen LogP contribution < -0.4 is 0 Å². The van der Waals surface area contributed by atoms with E-state index in [1.165, 1.54) is 11.1 Å². The molecular formula is C27H24ClN3O. The molecule has 160 valence electrons. The van der Waals surface area contributed by atoms with Crippen molar-refractivity contribution in [3.8, 4) is 0 Å². The van der Waals surface area contributed by atoms with Gasteiger partial charge >= 0.3 is 0 Å². The van der Waals surface area contributed by atoms with Crippen LogP contribution in [0.3, 0.4) is 0 Å². The molecule has 0 N–H and O–H groups in total. The first-order chi connectivity index (χ1) is 15.5. The quantitative estimate of drug-likeness (QED) is 0.363. The summed E-state index contributed by atoms with van der Waals surface area (Å²) in [5.74, 6) is -0.0494. The summed E-state index contributed by atoms with van der Waals surface area (Å²) in [6.45, 7) is 4.39. The molecule has 0 saturated heterocycles. The highest BCUT2D eigenvalue weighted by Gasteiger charge is 2.33. The molecule has 1 amide bonds. The van der Waals surface area contributed by atoms with Crippen LogP contribution >= 0.6 is 11.6 Å². The third-order valence-corrected chi connectivity index (χ3v) is 6.31. The van der Waals surface area contributed by atoms with Crippen molar-refractivity contribution in [1.82, 2.24) is 9.58 Å². The van der Waals surface area contributed by atoms with E-state index < -0.39 is 0 Å². The van der Waals surface area contributed by atoms with E-state index in [4.69, 9.17) is 16.7 Å². The van der Waals surface area contributed by atoms with Gasteiger partial charge in [0.1, 0.15) is 0 Å². The van der Waals surface area contributed by atoms with Crippen LogP contribution in [0.1, 0.15) is 41.6 Å². The van der Waals surface area contributed by atoms with Crippen LogP contribution in [0, 0.1) is 6.92 Å². The molecule has 1 aliphatic rings. The molecule has 0 saturated carbocycles. The molecule has 0 radical (unpaired) electrons. The van der Waals surface area contributed by atoms with Crippen LogP contribution in [-0.2, 0) is 11.3 Å². The molecule has 4 aromatic rings. The summed E-state index contributed by atoms with van der Waals surface area (Å²) in [4.78, 5) is 12.5. The number of hydrazone groups is 1. The molecule has 1 aromatic heterocycles. The number of carbonyl (C=O) groups is 1. The van der Waals surface area contributed by atoms with E-state index >= 15 is 0 Å². The molecule has 4 nitrogen and oxygen atoms in total. The van der Waals surface area contributed by atoms with Crippen molar-refractivity contribution in [2.75, 3.05) is 0 Å². The first kappa shape index (κ1) is 20.5. The van der Waals surface area contributed by atoms with E-state index in [0.29, 0.717) is 6.42 Å². The molecule has 3 aromatic carbocycles. The first-order valence-corrected chi connectivity index (χ1v) is 11.1. The predicted molar refractivity (Wildman–Crippen MR) is 130 cm³/mol. The lowest BCUT2D eigenvalue weighted by Crippen LogP contribution is -2.24. The average Bonchev–Trinajstić information content (AvgIpc) is 3.38. The van der Waals surface area contributed by atoms with E-state index in [0.717, 1.165) is 39.3 Å². The zero-order valence-electron chi connectivity index (χ0n) is 18.1. The van der Waals surface area contributed by atoms with Gasteiger partial charge in [-0.2, -0.15) is 5.10 Å². The predicted octanol–water partition coefficient (Wildman–Crippen LogP) is 6.35.